The third-order valence-electron chi connectivity index (χ3n) is 5.48. The number of aliphatic hydroxyl groups is 1. The van der Waals surface area contributed by atoms with Gasteiger partial charge in [0, 0.05) is 16.0 Å². The maximum Gasteiger partial charge on any atom is 0.186 e. The van der Waals surface area contributed by atoms with E-state index in [1.165, 1.54) is 6.08 Å². The molecule has 4 aromatic rings. The van der Waals surface area contributed by atoms with Gasteiger partial charge in [-0.15, -0.1) is 0 Å². The smallest absolute Gasteiger partial charge is 0.186 e. The number of carbonyl (C=O) groups is 1. The van der Waals surface area contributed by atoms with E-state index in [9.17, 15) is 9.90 Å². The Morgan fingerprint density at radius 1 is 1.00 bits per heavy atom. The minimum absolute atomic E-state index is 0.220. The predicted octanol–water partition coefficient (Wildman–Crippen LogP) is 7.32. The van der Waals surface area contributed by atoms with Gasteiger partial charge in [-0.05, 0) is 72.5 Å². The van der Waals surface area contributed by atoms with Crippen molar-refractivity contribution in [3.05, 3.63) is 113 Å². The first-order valence-electron chi connectivity index (χ1n) is 10.6. The Kier molecular flexibility index (Phi) is 6.28. The molecule has 33 heavy (non-hydrogen) atoms. The van der Waals surface area contributed by atoms with Gasteiger partial charge < -0.3 is 5.11 Å². The van der Waals surface area contributed by atoms with Gasteiger partial charge in [0.05, 0.1) is 16.8 Å². The van der Waals surface area contributed by atoms with Crippen molar-refractivity contribution in [1.82, 2.24) is 4.98 Å². The Balaban J connectivity index is 1.73. The molecule has 4 heteroatoms. The molecule has 0 aliphatic heterocycles. The average Bonchev–Trinajstić information content (AvgIpc) is 2.81. The van der Waals surface area contributed by atoms with E-state index in [-0.39, 0.29) is 5.78 Å². The van der Waals surface area contributed by atoms with Crippen molar-refractivity contribution in [3.8, 4) is 11.1 Å². The van der Waals surface area contributed by atoms with E-state index in [0.717, 1.165) is 33.3 Å². The molecule has 3 aromatic carbocycles. The number of hydrogen-bond donors (Lipinski definition) is 1. The molecule has 1 N–H and O–H groups in total. The summed E-state index contributed by atoms with van der Waals surface area (Å²) >= 11 is 6.10. The number of pyridine rings is 1. The minimum Gasteiger partial charge on any atom is -0.386 e. The molecular formula is C29H24ClNO2. The molecule has 0 saturated carbocycles. The third kappa shape index (κ3) is 4.95. The summed E-state index contributed by atoms with van der Waals surface area (Å²) in [6.07, 6.45) is 5.22. The fraction of sp³-hybridized carbons (Fsp3) is 0.103. The minimum atomic E-state index is -1.16. The van der Waals surface area contributed by atoms with Gasteiger partial charge in [-0.1, -0.05) is 72.8 Å². The van der Waals surface area contributed by atoms with E-state index in [4.69, 9.17) is 11.6 Å². The van der Waals surface area contributed by atoms with Crippen LogP contribution >= 0.6 is 11.6 Å². The number of ketones is 1. The second kappa shape index (κ2) is 9.14. The van der Waals surface area contributed by atoms with Crippen LogP contribution in [0.1, 0.15) is 41.0 Å². The number of allylic oxidation sites excluding steroid dienone is 1. The van der Waals surface area contributed by atoms with Gasteiger partial charge in [0.1, 0.15) is 0 Å². The van der Waals surface area contributed by atoms with Crippen LogP contribution in [0.3, 0.4) is 0 Å². The lowest BCUT2D eigenvalue weighted by Gasteiger charge is -2.23. The number of rotatable bonds is 6. The van der Waals surface area contributed by atoms with E-state index in [1.807, 2.05) is 78.9 Å². The Labute approximate surface area is 198 Å². The zero-order valence-electron chi connectivity index (χ0n) is 18.5. The van der Waals surface area contributed by atoms with Crippen molar-refractivity contribution in [3.63, 3.8) is 0 Å². The normalized spacial score (nSPS) is 11.8. The Morgan fingerprint density at radius 3 is 2.52 bits per heavy atom. The lowest BCUT2D eigenvalue weighted by molar-refractivity contribution is 0.0761. The number of hydrogen-bond acceptors (Lipinski definition) is 3. The molecule has 0 amide bonds. The van der Waals surface area contributed by atoms with Gasteiger partial charge in [-0.3, -0.25) is 4.79 Å². The molecule has 0 unspecified atom stereocenters. The molecule has 0 aliphatic rings. The van der Waals surface area contributed by atoms with E-state index in [2.05, 4.69) is 11.6 Å². The van der Waals surface area contributed by atoms with Crippen LogP contribution in [0.4, 0.5) is 0 Å². The van der Waals surface area contributed by atoms with Crippen LogP contribution in [0.25, 0.3) is 34.2 Å². The first kappa shape index (κ1) is 22.7. The molecular weight excluding hydrogens is 430 g/mol. The third-order valence-corrected chi connectivity index (χ3v) is 5.71. The number of benzene rings is 3. The fourth-order valence-corrected chi connectivity index (χ4v) is 4.03. The summed E-state index contributed by atoms with van der Waals surface area (Å²) in [5.41, 5.74) is 4.15. The molecule has 4 rings (SSSR count). The molecule has 0 bridgehead atoms. The molecule has 164 valence electrons. The highest BCUT2D eigenvalue weighted by Gasteiger charge is 2.25. The summed E-state index contributed by atoms with van der Waals surface area (Å²) in [6, 6.07) is 23.1. The van der Waals surface area contributed by atoms with Crippen LogP contribution < -0.4 is 0 Å². The van der Waals surface area contributed by atoms with Crippen molar-refractivity contribution in [2.24, 2.45) is 0 Å². The lowest BCUT2D eigenvalue weighted by atomic mass is 9.85. The number of halogens is 1. The van der Waals surface area contributed by atoms with Gasteiger partial charge in [-0.2, -0.15) is 0 Å². The highest BCUT2D eigenvalue weighted by molar-refractivity contribution is 6.31. The van der Waals surface area contributed by atoms with Crippen LogP contribution in [0, 0.1) is 0 Å². The molecule has 1 aromatic heterocycles. The monoisotopic (exact) mass is 453 g/mol. The first-order valence-corrected chi connectivity index (χ1v) is 11.0. The molecule has 1 heterocycles. The zero-order valence-corrected chi connectivity index (χ0v) is 19.3. The first-order chi connectivity index (χ1) is 15.8. The maximum absolute atomic E-state index is 12.7. The standard InChI is InChI=1S/C29H24ClNO2/c1-4-27(32)28-24(9-6-10-25(28)29(2,3)33)21-8-5-7-19(17-21)11-15-23-16-13-20-12-14-22(30)18-26(20)31-23/h4-18,33H,1H2,2-3H3/b15-11+. The largest absolute Gasteiger partial charge is 0.386 e. The van der Waals surface area contributed by atoms with Gasteiger partial charge in [0.2, 0.25) is 0 Å². The topological polar surface area (TPSA) is 50.2 Å². The quantitative estimate of drug-likeness (QED) is 0.246. The molecule has 0 saturated heterocycles. The summed E-state index contributed by atoms with van der Waals surface area (Å²) in [5.74, 6) is -0.220. The highest BCUT2D eigenvalue weighted by atomic mass is 35.5. The summed E-state index contributed by atoms with van der Waals surface area (Å²) in [5, 5.41) is 12.3. The Morgan fingerprint density at radius 2 is 1.76 bits per heavy atom. The molecule has 0 fully saturated rings. The molecule has 0 atom stereocenters. The average molecular weight is 454 g/mol. The second-order valence-electron chi connectivity index (χ2n) is 8.39. The Hall–Kier alpha value is -3.53. The van der Waals surface area contributed by atoms with Crippen LogP contribution in [-0.2, 0) is 5.60 Å². The lowest BCUT2D eigenvalue weighted by Crippen LogP contribution is -2.20. The van der Waals surface area contributed by atoms with E-state index in [0.29, 0.717) is 16.1 Å². The van der Waals surface area contributed by atoms with Gasteiger partial charge in [0.25, 0.3) is 0 Å². The molecule has 3 nitrogen and oxygen atoms in total. The van der Waals surface area contributed by atoms with Gasteiger partial charge in [0.15, 0.2) is 5.78 Å². The van der Waals surface area contributed by atoms with E-state index < -0.39 is 5.60 Å². The Bertz CT molecular complexity index is 1400. The second-order valence-corrected chi connectivity index (χ2v) is 8.82. The van der Waals surface area contributed by atoms with Crippen LogP contribution in [0.2, 0.25) is 5.02 Å². The molecule has 0 spiro atoms. The molecule has 0 radical (unpaired) electrons. The van der Waals surface area contributed by atoms with Crippen molar-refractivity contribution in [2.75, 3.05) is 0 Å². The number of fused-ring (bicyclic) bond motifs is 1. The summed E-state index contributed by atoms with van der Waals surface area (Å²) in [6.45, 7) is 7.00. The number of carbonyl (C=O) groups excluding carboxylic acids is 1. The maximum atomic E-state index is 12.7. The zero-order chi connectivity index (χ0) is 23.6. The van der Waals surface area contributed by atoms with Crippen LogP contribution in [0.15, 0.2) is 85.5 Å². The summed E-state index contributed by atoms with van der Waals surface area (Å²) in [4.78, 5) is 17.4. The van der Waals surface area contributed by atoms with Gasteiger partial charge >= 0.3 is 0 Å². The van der Waals surface area contributed by atoms with Crippen LogP contribution in [-0.4, -0.2) is 15.9 Å². The number of aromatic nitrogens is 1. The molecule has 0 aliphatic carbocycles. The van der Waals surface area contributed by atoms with Crippen molar-refractivity contribution in [1.29, 1.82) is 0 Å². The van der Waals surface area contributed by atoms with Crippen molar-refractivity contribution in [2.45, 2.75) is 19.4 Å². The SMILES string of the molecule is C=CC(=O)c1c(-c2cccc(/C=C/c3ccc4ccc(Cl)cc4n3)c2)cccc1C(C)(C)O. The summed E-state index contributed by atoms with van der Waals surface area (Å²) in [7, 11) is 0. The van der Waals surface area contributed by atoms with Crippen molar-refractivity contribution >= 4 is 40.4 Å². The number of nitrogens with zero attached hydrogens (tertiary/aromatic N) is 1. The van der Waals surface area contributed by atoms with E-state index >= 15 is 0 Å². The highest BCUT2D eigenvalue weighted by Crippen LogP contribution is 2.33. The fourth-order valence-electron chi connectivity index (χ4n) is 3.86. The van der Waals surface area contributed by atoms with Crippen LogP contribution in [0.5, 0.6) is 0 Å². The van der Waals surface area contributed by atoms with Crippen molar-refractivity contribution < 1.29 is 9.90 Å². The van der Waals surface area contributed by atoms with Gasteiger partial charge in [-0.25, -0.2) is 4.98 Å². The summed E-state index contributed by atoms with van der Waals surface area (Å²) < 4.78 is 0. The predicted molar refractivity (Wildman–Crippen MR) is 137 cm³/mol. The van der Waals surface area contributed by atoms with E-state index in [1.54, 1.807) is 19.9 Å².